The second kappa shape index (κ2) is 5.05. The first-order valence-corrected chi connectivity index (χ1v) is 5.79. The van der Waals surface area contributed by atoms with E-state index in [4.69, 9.17) is 0 Å². The Hall–Kier alpha value is -1.09. The molecule has 1 N–H and O–H groups in total. The highest BCUT2D eigenvalue weighted by Gasteiger charge is 2.48. The van der Waals surface area contributed by atoms with E-state index in [2.05, 4.69) is 11.3 Å². The van der Waals surface area contributed by atoms with E-state index in [1.54, 1.807) is 0 Å². The van der Waals surface area contributed by atoms with Gasteiger partial charge in [0.15, 0.2) is 0 Å². The van der Waals surface area contributed by atoms with Crippen LogP contribution in [0.5, 0.6) is 0 Å². The van der Waals surface area contributed by atoms with Gasteiger partial charge in [0.2, 0.25) is 0 Å². The normalized spacial score (nSPS) is 13.2. The number of carbonyl (C=O) groups excluding carboxylic acids is 1. The predicted molar refractivity (Wildman–Crippen MR) is 53.3 cm³/mol. The van der Waals surface area contributed by atoms with Gasteiger partial charge in [0.1, 0.15) is 6.61 Å². The first kappa shape index (κ1) is 15.9. The molecule has 0 aliphatic rings. The molecule has 9 heteroatoms. The number of carbonyl (C=O) groups is 1. The van der Waals surface area contributed by atoms with Gasteiger partial charge in [-0.15, -0.1) is 0 Å². The van der Waals surface area contributed by atoms with Gasteiger partial charge >= 0.3 is 21.5 Å². The lowest BCUT2D eigenvalue weighted by molar-refractivity contribution is -0.139. The topological polar surface area (TPSA) is 72.5 Å². The molecule has 0 saturated carbocycles. The number of hydrogen-bond donors (Lipinski definition) is 1. The van der Waals surface area contributed by atoms with Crippen LogP contribution in [0.4, 0.5) is 13.2 Å². The highest BCUT2D eigenvalue weighted by molar-refractivity contribution is 7.90. The molecule has 0 atom stereocenters. The van der Waals surface area contributed by atoms with Crippen LogP contribution >= 0.6 is 0 Å². The Kier molecular flexibility index (Phi) is 4.72. The van der Waals surface area contributed by atoms with Gasteiger partial charge in [0.05, 0.1) is 5.54 Å². The number of halogens is 3. The average Bonchev–Trinajstić information content (AvgIpc) is 2.10. The molecular formula is C8H12F3NO4S. The smallest absolute Gasteiger partial charge is 0.461 e. The minimum Gasteiger partial charge on any atom is -0.461 e. The summed E-state index contributed by atoms with van der Waals surface area (Å²) >= 11 is 0. The van der Waals surface area contributed by atoms with Crippen LogP contribution in [0.1, 0.15) is 13.8 Å². The van der Waals surface area contributed by atoms with Crippen molar-refractivity contribution in [1.29, 1.82) is 0 Å². The molecular weight excluding hydrogens is 263 g/mol. The zero-order valence-electron chi connectivity index (χ0n) is 9.17. The third-order valence-electron chi connectivity index (χ3n) is 1.46. The number of sulfonamides is 1. The molecule has 0 aromatic heterocycles. The van der Waals surface area contributed by atoms with Gasteiger partial charge in [-0.3, -0.25) is 0 Å². The van der Waals surface area contributed by atoms with Crippen LogP contribution in [-0.4, -0.2) is 32.0 Å². The number of hydrogen-bond acceptors (Lipinski definition) is 4. The minimum atomic E-state index is -5.48. The van der Waals surface area contributed by atoms with Crippen LogP contribution in [0.25, 0.3) is 0 Å². The van der Waals surface area contributed by atoms with E-state index >= 15 is 0 Å². The molecule has 0 aromatic carbocycles. The fourth-order valence-electron chi connectivity index (χ4n) is 0.762. The third kappa shape index (κ3) is 5.18. The van der Waals surface area contributed by atoms with Gasteiger partial charge in [-0.05, 0) is 13.8 Å². The minimum absolute atomic E-state index is 0.548. The predicted octanol–water partition coefficient (Wildman–Crippen LogP) is 0.933. The summed E-state index contributed by atoms with van der Waals surface area (Å²) in [6.45, 7) is 4.82. The number of alkyl halides is 3. The molecule has 0 unspecified atom stereocenters. The summed E-state index contributed by atoms with van der Waals surface area (Å²) in [5.41, 5.74) is -6.99. The Morgan fingerprint density at radius 2 is 1.88 bits per heavy atom. The van der Waals surface area contributed by atoms with Crippen LogP contribution in [-0.2, 0) is 19.6 Å². The second-order valence-electron chi connectivity index (χ2n) is 3.75. The molecule has 0 radical (unpaired) electrons. The van der Waals surface area contributed by atoms with E-state index in [9.17, 15) is 26.4 Å². The average molecular weight is 275 g/mol. The zero-order chi connectivity index (χ0) is 13.9. The van der Waals surface area contributed by atoms with Crippen molar-refractivity contribution in [3.05, 3.63) is 12.7 Å². The molecule has 0 amide bonds. The maximum Gasteiger partial charge on any atom is 0.511 e. The van der Waals surface area contributed by atoms with Gasteiger partial charge in [0, 0.05) is 6.08 Å². The maximum absolute atomic E-state index is 12.1. The third-order valence-corrected chi connectivity index (χ3v) is 2.89. The largest absolute Gasteiger partial charge is 0.511 e. The highest BCUT2D eigenvalue weighted by atomic mass is 32.2. The number of nitrogens with one attached hydrogen (secondary N) is 1. The van der Waals surface area contributed by atoms with E-state index in [0.29, 0.717) is 0 Å². The Labute approximate surface area is 96.7 Å². The first-order valence-electron chi connectivity index (χ1n) is 4.31. The monoisotopic (exact) mass is 275 g/mol. The van der Waals surface area contributed by atoms with Crippen molar-refractivity contribution in [1.82, 2.24) is 4.72 Å². The van der Waals surface area contributed by atoms with Crippen molar-refractivity contribution in [3.8, 4) is 0 Å². The molecule has 0 saturated heterocycles. The fraction of sp³-hybridized carbons (Fsp3) is 0.625. The summed E-state index contributed by atoms with van der Waals surface area (Å²) in [4.78, 5) is 10.7. The van der Waals surface area contributed by atoms with E-state index in [1.165, 1.54) is 4.72 Å². The molecule has 0 fully saturated rings. The molecule has 0 aliphatic heterocycles. The summed E-state index contributed by atoms with van der Waals surface area (Å²) in [5.74, 6) is -0.857. The summed E-state index contributed by atoms with van der Waals surface area (Å²) in [6.07, 6.45) is 0.814. The van der Waals surface area contributed by atoms with Crippen molar-refractivity contribution < 1.29 is 31.1 Å². The first-order chi connectivity index (χ1) is 7.41. The lowest BCUT2D eigenvalue weighted by atomic mass is 10.1. The van der Waals surface area contributed by atoms with E-state index < -0.39 is 33.6 Å². The molecule has 0 aliphatic carbocycles. The second-order valence-corrected chi connectivity index (χ2v) is 5.42. The SMILES string of the molecule is C=CC(=O)OCC(C)(C)NS(=O)(=O)C(F)(F)F. The van der Waals surface area contributed by atoms with Gasteiger partial charge in [0.25, 0.3) is 0 Å². The maximum atomic E-state index is 12.1. The van der Waals surface area contributed by atoms with Crippen molar-refractivity contribution >= 4 is 16.0 Å². The number of esters is 1. The molecule has 0 heterocycles. The van der Waals surface area contributed by atoms with Gasteiger partial charge in [-0.25, -0.2) is 13.2 Å². The number of rotatable bonds is 5. The van der Waals surface area contributed by atoms with Crippen molar-refractivity contribution in [2.24, 2.45) is 0 Å². The molecule has 0 rings (SSSR count). The van der Waals surface area contributed by atoms with Crippen LogP contribution in [0.3, 0.4) is 0 Å². The Morgan fingerprint density at radius 3 is 2.24 bits per heavy atom. The summed E-state index contributed by atoms with van der Waals surface area (Å²) in [6, 6.07) is 0. The van der Waals surface area contributed by atoms with Crippen molar-refractivity contribution in [3.63, 3.8) is 0 Å². The molecule has 0 spiro atoms. The van der Waals surface area contributed by atoms with E-state index in [0.717, 1.165) is 19.9 Å². The highest BCUT2D eigenvalue weighted by Crippen LogP contribution is 2.23. The Balaban J connectivity index is 4.66. The fourth-order valence-corrected chi connectivity index (χ4v) is 1.66. The summed E-state index contributed by atoms with van der Waals surface area (Å²) in [5, 5.41) is 0. The van der Waals surface area contributed by atoms with Crippen LogP contribution in [0.2, 0.25) is 0 Å². The van der Waals surface area contributed by atoms with Gasteiger partial charge in [-0.2, -0.15) is 17.9 Å². The van der Waals surface area contributed by atoms with E-state index in [1.807, 2.05) is 0 Å². The van der Waals surface area contributed by atoms with Crippen molar-refractivity contribution in [2.45, 2.75) is 24.9 Å². The molecule has 0 bridgehead atoms. The van der Waals surface area contributed by atoms with Crippen LogP contribution in [0.15, 0.2) is 12.7 Å². The quantitative estimate of drug-likeness (QED) is 0.598. The zero-order valence-corrected chi connectivity index (χ0v) is 9.98. The molecule has 0 aromatic rings. The summed E-state index contributed by atoms with van der Waals surface area (Å²) < 4.78 is 63.6. The van der Waals surface area contributed by atoms with Crippen LogP contribution < -0.4 is 4.72 Å². The lowest BCUT2D eigenvalue weighted by Crippen LogP contribution is -2.51. The number of ether oxygens (including phenoxy) is 1. The standard InChI is InChI=1S/C8H12F3NO4S/c1-4-6(13)16-5-7(2,3)12-17(14,15)8(9,10)11/h4,12H,1,5H2,2-3H3. The van der Waals surface area contributed by atoms with E-state index in [-0.39, 0.29) is 0 Å². The lowest BCUT2D eigenvalue weighted by Gasteiger charge is -2.25. The van der Waals surface area contributed by atoms with Gasteiger partial charge in [-0.1, -0.05) is 6.58 Å². The molecule has 17 heavy (non-hydrogen) atoms. The molecule has 5 nitrogen and oxygen atoms in total. The van der Waals surface area contributed by atoms with Crippen LogP contribution in [0, 0.1) is 0 Å². The molecule has 100 valence electrons. The Bertz CT molecular complexity index is 399. The summed E-state index contributed by atoms with van der Waals surface area (Å²) in [7, 11) is -5.48. The van der Waals surface area contributed by atoms with Crippen molar-refractivity contribution in [2.75, 3.05) is 6.61 Å². The Morgan fingerprint density at radius 1 is 1.41 bits per heavy atom. The van der Waals surface area contributed by atoms with Gasteiger partial charge < -0.3 is 4.74 Å².